The van der Waals surface area contributed by atoms with Crippen LogP contribution in [-0.4, -0.2) is 84.6 Å². The molecule has 0 aliphatic rings. The fraction of sp³-hybridized carbons (Fsp3) is 0.705. The van der Waals surface area contributed by atoms with Crippen LogP contribution >= 0.6 is 7.82 Å². The normalized spacial score (nSPS) is 15.8. The zero-order chi connectivity index (χ0) is 40.2. The molecule has 0 radical (unpaired) electrons. The second-order valence-corrected chi connectivity index (χ2v) is 16.6. The summed E-state index contributed by atoms with van der Waals surface area (Å²) in [5.74, 6) is -0.253. The molecule has 0 aromatic rings. The number of phosphoric ester groups is 1. The highest BCUT2D eigenvalue weighted by molar-refractivity contribution is 7.47. The summed E-state index contributed by atoms with van der Waals surface area (Å²) in [4.78, 5) is 23.0. The molecule has 0 saturated heterocycles. The molecule has 0 fully saturated rings. The van der Waals surface area contributed by atoms with E-state index >= 15 is 0 Å². The van der Waals surface area contributed by atoms with E-state index in [0.717, 1.165) is 44.9 Å². The number of carbonyl (C=O) groups excluding carboxylic acids is 1. The maximum absolute atomic E-state index is 12.8. The lowest BCUT2D eigenvalue weighted by Gasteiger charge is -2.25. The van der Waals surface area contributed by atoms with Gasteiger partial charge in [0.25, 0.3) is 0 Å². The lowest BCUT2D eigenvalue weighted by atomic mass is 10.0. The Hall–Kier alpha value is -2.10. The Balaban J connectivity index is 4.64. The number of allylic oxidation sites excluding steroid dienone is 9. The molecule has 10 heteroatoms. The molecule has 0 heterocycles. The van der Waals surface area contributed by atoms with Crippen molar-refractivity contribution in [2.45, 2.75) is 161 Å². The smallest absolute Gasteiger partial charge is 0.389 e. The number of phosphoric acid groups is 1. The summed E-state index contributed by atoms with van der Waals surface area (Å²) in [6.07, 6.45) is 43.1. The number of likely N-dealkylation sites (N-methyl/N-ethyl adjacent to an activating group) is 1. The highest BCUT2D eigenvalue weighted by atomic mass is 31.2. The highest BCUT2D eigenvalue weighted by Crippen LogP contribution is 2.43. The monoisotopic (exact) mass is 780 g/mol. The van der Waals surface area contributed by atoms with Crippen LogP contribution in [0.1, 0.15) is 142 Å². The molecule has 312 valence electrons. The minimum atomic E-state index is -4.36. The molecule has 0 bridgehead atoms. The molecule has 4 N–H and O–H groups in total. The number of unbranched alkanes of at least 4 members (excludes halogenated alkanes) is 13. The predicted octanol–water partition coefficient (Wildman–Crippen LogP) is 10.2. The van der Waals surface area contributed by atoms with Crippen LogP contribution in [0.4, 0.5) is 0 Å². The van der Waals surface area contributed by atoms with E-state index in [9.17, 15) is 24.5 Å². The van der Waals surface area contributed by atoms with E-state index in [-0.39, 0.29) is 25.5 Å². The summed E-state index contributed by atoms with van der Waals surface area (Å²) in [7, 11) is 1.49. The predicted molar refractivity (Wildman–Crippen MR) is 227 cm³/mol. The van der Waals surface area contributed by atoms with Crippen molar-refractivity contribution in [1.82, 2.24) is 5.32 Å². The molecule has 0 aliphatic heterocycles. The number of rotatable bonds is 36. The van der Waals surface area contributed by atoms with Gasteiger partial charge in [-0.05, 0) is 51.4 Å². The third kappa shape index (κ3) is 36.9. The van der Waals surface area contributed by atoms with Crippen molar-refractivity contribution < 1.29 is 38.0 Å². The zero-order valence-corrected chi connectivity index (χ0v) is 35.7. The lowest BCUT2D eigenvalue weighted by Crippen LogP contribution is -2.45. The van der Waals surface area contributed by atoms with E-state index in [0.29, 0.717) is 23.9 Å². The number of nitrogens with one attached hydrogen (secondary N) is 1. The van der Waals surface area contributed by atoms with E-state index in [1.165, 1.54) is 64.2 Å². The minimum Gasteiger partial charge on any atom is -0.389 e. The molecule has 0 aliphatic carbocycles. The largest absolute Gasteiger partial charge is 0.472 e. The third-order valence-corrected chi connectivity index (χ3v) is 9.74. The van der Waals surface area contributed by atoms with Crippen LogP contribution < -0.4 is 5.32 Å². The fourth-order valence-electron chi connectivity index (χ4n) is 5.39. The maximum Gasteiger partial charge on any atom is 0.472 e. The number of hydrogen-bond donors (Lipinski definition) is 4. The maximum atomic E-state index is 12.8. The van der Waals surface area contributed by atoms with Crippen molar-refractivity contribution in [3.8, 4) is 0 Å². The highest BCUT2D eigenvalue weighted by Gasteiger charge is 2.27. The van der Waals surface area contributed by atoms with Crippen LogP contribution in [0, 0.1) is 0 Å². The van der Waals surface area contributed by atoms with E-state index in [1.807, 2.05) is 64.5 Å². The molecular formula is C44H80N2O7P+. The topological polar surface area (TPSA) is 125 Å². The number of quaternary nitrogens is 1. The first-order chi connectivity index (χ1) is 25.9. The second-order valence-electron chi connectivity index (χ2n) is 15.2. The first kappa shape index (κ1) is 51.9. The van der Waals surface area contributed by atoms with Gasteiger partial charge < -0.3 is 24.9 Å². The number of aliphatic hydroxyl groups is 2. The zero-order valence-electron chi connectivity index (χ0n) is 34.8. The Kier molecular flexibility index (Phi) is 33.9. The van der Waals surface area contributed by atoms with Gasteiger partial charge in [-0.1, -0.05) is 157 Å². The minimum absolute atomic E-state index is 0.0395. The van der Waals surface area contributed by atoms with E-state index in [2.05, 4.69) is 42.6 Å². The van der Waals surface area contributed by atoms with Gasteiger partial charge in [-0.15, -0.1) is 0 Å². The van der Waals surface area contributed by atoms with Gasteiger partial charge in [0.1, 0.15) is 13.2 Å². The van der Waals surface area contributed by atoms with Crippen LogP contribution in [0.5, 0.6) is 0 Å². The summed E-state index contributed by atoms with van der Waals surface area (Å²) in [6, 6.07) is -0.891. The average Bonchev–Trinajstić information content (AvgIpc) is 3.11. The van der Waals surface area contributed by atoms with Gasteiger partial charge in [0.2, 0.25) is 5.91 Å². The quantitative estimate of drug-likeness (QED) is 0.0164. The summed E-state index contributed by atoms with van der Waals surface area (Å²) >= 11 is 0. The first-order valence-electron chi connectivity index (χ1n) is 20.9. The molecular weight excluding hydrogens is 699 g/mol. The van der Waals surface area contributed by atoms with Crippen LogP contribution in [0.3, 0.4) is 0 Å². The standard InChI is InChI=1S/C44H79N2O7P/c1-6-8-10-11-12-13-14-15-16-20-23-26-29-32-36-43(48)42(40-53-54(50,51)52-39-38-46(3,4)5)45-44(49)37-33-30-27-24-21-18-17-19-22-25-28-31-35-41(47)34-9-7-2/h9,17-18,22,24-25,27-28,31-32,34,36,41-43,47-48H,6-8,10-16,19-21,23,26,29-30,33,35,37-40H2,1-5H3,(H-,45,49,50,51)/p+1/b18-17-,25-22-,27-24-,31-28+,34-9-,36-32+/t41?,42-,43+/m0/s1. The summed E-state index contributed by atoms with van der Waals surface area (Å²) in [5.41, 5.74) is 0. The number of carbonyl (C=O) groups is 1. The number of hydrogen-bond acceptors (Lipinski definition) is 6. The number of aliphatic hydroxyl groups excluding tert-OH is 2. The van der Waals surface area contributed by atoms with Gasteiger partial charge >= 0.3 is 7.82 Å². The first-order valence-corrected chi connectivity index (χ1v) is 22.4. The Morgan fingerprint density at radius 1 is 0.704 bits per heavy atom. The van der Waals surface area contributed by atoms with Crippen molar-refractivity contribution in [3.63, 3.8) is 0 Å². The van der Waals surface area contributed by atoms with Gasteiger partial charge in [0.05, 0.1) is 46.0 Å². The molecule has 4 atom stereocenters. The van der Waals surface area contributed by atoms with E-state index < -0.39 is 26.1 Å². The number of nitrogens with zero attached hydrogens (tertiary/aromatic N) is 1. The fourth-order valence-corrected chi connectivity index (χ4v) is 6.12. The van der Waals surface area contributed by atoms with E-state index in [1.54, 1.807) is 6.08 Å². The van der Waals surface area contributed by atoms with E-state index in [4.69, 9.17) is 9.05 Å². The second kappa shape index (κ2) is 35.3. The number of amides is 1. The molecule has 54 heavy (non-hydrogen) atoms. The summed E-state index contributed by atoms with van der Waals surface area (Å²) in [6.45, 7) is 4.50. The Morgan fingerprint density at radius 2 is 1.28 bits per heavy atom. The van der Waals surface area contributed by atoms with Crippen molar-refractivity contribution in [1.29, 1.82) is 0 Å². The molecule has 2 unspecified atom stereocenters. The summed E-state index contributed by atoms with van der Waals surface area (Å²) < 4.78 is 23.5. The van der Waals surface area contributed by atoms with Gasteiger partial charge in [-0.2, -0.15) is 0 Å². The van der Waals surface area contributed by atoms with Crippen molar-refractivity contribution >= 4 is 13.7 Å². The Labute approximate surface area is 330 Å². The molecule has 0 aromatic heterocycles. The van der Waals surface area contributed by atoms with Crippen molar-refractivity contribution in [2.75, 3.05) is 40.9 Å². The van der Waals surface area contributed by atoms with Gasteiger partial charge in [-0.25, -0.2) is 4.57 Å². The third-order valence-electron chi connectivity index (χ3n) is 8.76. The summed E-state index contributed by atoms with van der Waals surface area (Å²) in [5, 5.41) is 23.5. The average molecular weight is 780 g/mol. The molecule has 9 nitrogen and oxygen atoms in total. The van der Waals surface area contributed by atoms with Crippen molar-refractivity contribution in [3.05, 3.63) is 72.9 Å². The molecule has 1 amide bonds. The SMILES string of the molecule is CC/C=C\C(O)C/C=C/C=C\C/C=C\C/C=C\CCCC(=O)N[C@@H](COP(=O)(O)OCC[N+](C)(C)C)[C@H](O)/C=C/CCCCCCCCCCCCCC. The van der Waals surface area contributed by atoms with Gasteiger partial charge in [0, 0.05) is 6.42 Å². The Bertz CT molecular complexity index is 1130. The lowest BCUT2D eigenvalue weighted by molar-refractivity contribution is -0.870. The van der Waals surface area contributed by atoms with Crippen LogP contribution in [-0.2, 0) is 18.4 Å². The Morgan fingerprint density at radius 3 is 1.91 bits per heavy atom. The van der Waals surface area contributed by atoms with Gasteiger partial charge in [-0.3, -0.25) is 13.8 Å². The molecule has 0 aromatic carbocycles. The van der Waals surface area contributed by atoms with Gasteiger partial charge in [0.15, 0.2) is 0 Å². The molecule has 0 saturated carbocycles. The van der Waals surface area contributed by atoms with Crippen LogP contribution in [0.25, 0.3) is 0 Å². The molecule has 0 rings (SSSR count). The van der Waals surface area contributed by atoms with Crippen molar-refractivity contribution in [2.24, 2.45) is 0 Å². The van der Waals surface area contributed by atoms with Crippen LogP contribution in [0.2, 0.25) is 0 Å². The van der Waals surface area contributed by atoms with Crippen LogP contribution in [0.15, 0.2) is 72.9 Å². The molecule has 0 spiro atoms.